The maximum absolute atomic E-state index is 13.6. The lowest BCUT2D eigenvalue weighted by molar-refractivity contribution is -0.131. The van der Waals surface area contributed by atoms with Gasteiger partial charge in [0.15, 0.2) is 0 Å². The highest BCUT2D eigenvalue weighted by atomic mass is 16.5. The van der Waals surface area contributed by atoms with E-state index < -0.39 is 12.0 Å². The van der Waals surface area contributed by atoms with E-state index in [0.717, 1.165) is 24.9 Å². The Bertz CT molecular complexity index is 1580. The first-order valence-electron chi connectivity index (χ1n) is 14.2. The van der Waals surface area contributed by atoms with Gasteiger partial charge in [-0.05, 0) is 61.4 Å². The minimum absolute atomic E-state index is 0.0620. The van der Waals surface area contributed by atoms with Gasteiger partial charge in [0.05, 0.1) is 11.9 Å². The van der Waals surface area contributed by atoms with Crippen LogP contribution in [0.1, 0.15) is 61.1 Å². The van der Waals surface area contributed by atoms with Crippen molar-refractivity contribution in [1.82, 2.24) is 9.88 Å². The summed E-state index contributed by atoms with van der Waals surface area (Å²) in [6.45, 7) is 5.20. The standard InChI is InChI=1S/C34H37N3O5/c1-5-6-9-18-30(34(41)36(4)26-16-12-8-13-17-26)35-32(39)22-28-23(2)37(33(40)25-14-10-7-11-15-25)31-20-19-27(21-29(28)31)42-24(3)38/h7-8,10-17,19-21,30H,5-6,9,18,22H2,1-4H3,(H,35,39). The SMILES string of the molecule is CCCCCC(NC(=O)Cc1c(C)n(C(=O)c2ccccc2)c2ccc(OC(C)=O)cc12)C(=O)N(C)c1ccccc1. The molecule has 8 nitrogen and oxygen atoms in total. The Labute approximate surface area is 246 Å². The number of amides is 2. The van der Waals surface area contributed by atoms with E-state index in [9.17, 15) is 19.2 Å². The number of hydrogen-bond donors (Lipinski definition) is 1. The molecular formula is C34H37N3O5. The van der Waals surface area contributed by atoms with Crippen LogP contribution in [0.25, 0.3) is 10.9 Å². The molecule has 0 fully saturated rings. The number of fused-ring (bicyclic) bond motifs is 1. The van der Waals surface area contributed by atoms with Crippen molar-refractivity contribution in [2.24, 2.45) is 0 Å². The summed E-state index contributed by atoms with van der Waals surface area (Å²) >= 11 is 0. The molecule has 0 aliphatic rings. The van der Waals surface area contributed by atoms with E-state index in [0.29, 0.717) is 39.9 Å². The highest BCUT2D eigenvalue weighted by Gasteiger charge is 2.27. The van der Waals surface area contributed by atoms with Gasteiger partial charge in [-0.15, -0.1) is 0 Å². The van der Waals surface area contributed by atoms with E-state index in [-0.39, 0.29) is 24.1 Å². The van der Waals surface area contributed by atoms with Crippen molar-refractivity contribution in [3.05, 3.63) is 95.7 Å². The molecule has 0 saturated carbocycles. The van der Waals surface area contributed by atoms with E-state index >= 15 is 0 Å². The normalized spacial score (nSPS) is 11.6. The highest BCUT2D eigenvalue weighted by Crippen LogP contribution is 2.31. The van der Waals surface area contributed by atoms with E-state index in [4.69, 9.17) is 4.74 Å². The summed E-state index contributed by atoms with van der Waals surface area (Å²) in [6, 6.07) is 22.5. The van der Waals surface area contributed by atoms with Gasteiger partial charge in [-0.25, -0.2) is 0 Å². The lowest BCUT2D eigenvalue weighted by Crippen LogP contribution is -2.48. The Kier molecular flexibility index (Phi) is 9.91. The molecule has 1 heterocycles. The number of esters is 1. The van der Waals surface area contributed by atoms with Crippen LogP contribution in [-0.2, 0) is 20.8 Å². The number of anilines is 1. The van der Waals surface area contributed by atoms with Crippen molar-refractivity contribution in [1.29, 1.82) is 0 Å². The van der Waals surface area contributed by atoms with Crippen LogP contribution < -0.4 is 15.0 Å². The van der Waals surface area contributed by atoms with Crippen LogP contribution in [0, 0.1) is 6.92 Å². The molecule has 0 radical (unpaired) electrons. The van der Waals surface area contributed by atoms with Crippen LogP contribution >= 0.6 is 0 Å². The molecule has 0 spiro atoms. The maximum Gasteiger partial charge on any atom is 0.308 e. The smallest absolute Gasteiger partial charge is 0.308 e. The molecule has 0 bridgehead atoms. The second kappa shape index (κ2) is 13.8. The molecule has 0 saturated heterocycles. The summed E-state index contributed by atoms with van der Waals surface area (Å²) < 4.78 is 6.89. The van der Waals surface area contributed by atoms with Crippen molar-refractivity contribution in [3.8, 4) is 5.75 Å². The second-order valence-electron chi connectivity index (χ2n) is 10.4. The Hall–Kier alpha value is -4.72. The first kappa shape index (κ1) is 30.2. The molecule has 4 rings (SSSR count). The second-order valence-corrected chi connectivity index (χ2v) is 10.4. The molecule has 0 aliphatic carbocycles. The molecule has 1 N–H and O–H groups in total. The van der Waals surface area contributed by atoms with Gasteiger partial charge in [-0.3, -0.25) is 23.7 Å². The number of hydrogen-bond acceptors (Lipinski definition) is 5. The van der Waals surface area contributed by atoms with E-state index in [1.54, 1.807) is 65.9 Å². The predicted octanol–water partition coefficient (Wildman–Crippen LogP) is 5.83. The van der Waals surface area contributed by atoms with Crippen LogP contribution in [0.2, 0.25) is 0 Å². The third-order valence-electron chi connectivity index (χ3n) is 7.33. The third kappa shape index (κ3) is 6.94. The van der Waals surface area contributed by atoms with E-state index in [1.165, 1.54) is 6.92 Å². The van der Waals surface area contributed by atoms with Gasteiger partial charge in [0, 0.05) is 36.3 Å². The molecule has 2 amide bonds. The number of aromatic nitrogens is 1. The number of unbranched alkanes of at least 4 members (excludes halogenated alkanes) is 2. The summed E-state index contributed by atoms with van der Waals surface area (Å²) in [5.41, 5.74) is 3.07. The van der Waals surface area contributed by atoms with Gasteiger partial charge >= 0.3 is 5.97 Å². The molecule has 3 aromatic carbocycles. The van der Waals surface area contributed by atoms with Crippen molar-refractivity contribution < 1.29 is 23.9 Å². The zero-order valence-corrected chi connectivity index (χ0v) is 24.6. The Morgan fingerprint density at radius 1 is 0.929 bits per heavy atom. The molecule has 1 unspecified atom stereocenters. The number of nitrogens with one attached hydrogen (secondary N) is 1. The third-order valence-corrected chi connectivity index (χ3v) is 7.33. The average Bonchev–Trinajstić information content (AvgIpc) is 3.26. The maximum atomic E-state index is 13.6. The van der Waals surface area contributed by atoms with Crippen molar-refractivity contribution in [2.45, 2.75) is 58.9 Å². The number of carbonyl (C=O) groups excluding carboxylic acids is 4. The fourth-order valence-electron chi connectivity index (χ4n) is 5.16. The Morgan fingerprint density at radius 3 is 2.24 bits per heavy atom. The molecular weight excluding hydrogens is 530 g/mol. The number of para-hydroxylation sites is 1. The predicted molar refractivity (Wildman–Crippen MR) is 164 cm³/mol. The monoisotopic (exact) mass is 567 g/mol. The number of ether oxygens (including phenoxy) is 1. The van der Waals surface area contributed by atoms with Crippen molar-refractivity contribution in [2.75, 3.05) is 11.9 Å². The topological polar surface area (TPSA) is 97.7 Å². The minimum Gasteiger partial charge on any atom is -0.427 e. The quantitative estimate of drug-likeness (QED) is 0.140. The number of benzene rings is 3. The average molecular weight is 568 g/mol. The lowest BCUT2D eigenvalue weighted by atomic mass is 10.0. The number of rotatable bonds is 11. The fraction of sp³-hybridized carbons (Fsp3) is 0.294. The molecule has 1 aromatic heterocycles. The minimum atomic E-state index is -0.703. The van der Waals surface area contributed by atoms with Crippen LogP contribution in [0.15, 0.2) is 78.9 Å². The van der Waals surface area contributed by atoms with Gasteiger partial charge in [-0.2, -0.15) is 0 Å². The van der Waals surface area contributed by atoms with Gasteiger partial charge < -0.3 is 15.0 Å². The highest BCUT2D eigenvalue weighted by molar-refractivity contribution is 6.05. The summed E-state index contributed by atoms with van der Waals surface area (Å²) in [5.74, 6) is -0.916. The Morgan fingerprint density at radius 2 is 1.60 bits per heavy atom. The first-order valence-corrected chi connectivity index (χ1v) is 14.2. The molecule has 4 aromatic rings. The molecule has 218 valence electrons. The van der Waals surface area contributed by atoms with Crippen LogP contribution in [0.4, 0.5) is 5.69 Å². The first-order chi connectivity index (χ1) is 20.2. The van der Waals surface area contributed by atoms with Gasteiger partial charge in [0.1, 0.15) is 11.8 Å². The molecule has 8 heteroatoms. The van der Waals surface area contributed by atoms with Crippen molar-refractivity contribution >= 4 is 40.3 Å². The van der Waals surface area contributed by atoms with Crippen molar-refractivity contribution in [3.63, 3.8) is 0 Å². The summed E-state index contributed by atoms with van der Waals surface area (Å²) in [7, 11) is 1.71. The van der Waals surface area contributed by atoms with E-state index in [1.807, 2.05) is 36.4 Å². The fourth-order valence-corrected chi connectivity index (χ4v) is 5.16. The molecule has 0 aliphatic heterocycles. The van der Waals surface area contributed by atoms with Crippen LogP contribution in [0.3, 0.4) is 0 Å². The van der Waals surface area contributed by atoms with Gasteiger partial charge in [-0.1, -0.05) is 62.6 Å². The summed E-state index contributed by atoms with van der Waals surface area (Å²) in [4.78, 5) is 53.9. The number of nitrogens with zero attached hydrogens (tertiary/aromatic N) is 2. The number of carbonyl (C=O) groups is 4. The lowest BCUT2D eigenvalue weighted by Gasteiger charge is -2.25. The zero-order chi connectivity index (χ0) is 30.2. The van der Waals surface area contributed by atoms with Crippen LogP contribution in [0.5, 0.6) is 5.75 Å². The largest absolute Gasteiger partial charge is 0.427 e. The van der Waals surface area contributed by atoms with Gasteiger partial charge in [0.2, 0.25) is 11.8 Å². The number of likely N-dealkylation sites (N-methyl/N-ethyl adjacent to an activating group) is 1. The zero-order valence-electron chi connectivity index (χ0n) is 24.6. The van der Waals surface area contributed by atoms with E-state index in [2.05, 4.69) is 12.2 Å². The summed E-state index contributed by atoms with van der Waals surface area (Å²) in [6.07, 6.45) is 3.18. The van der Waals surface area contributed by atoms with Gasteiger partial charge in [0.25, 0.3) is 5.91 Å². The summed E-state index contributed by atoms with van der Waals surface area (Å²) in [5, 5.41) is 3.60. The molecule has 1 atom stereocenters. The molecule has 42 heavy (non-hydrogen) atoms. The Balaban J connectivity index is 1.67. The van der Waals surface area contributed by atoms with Crippen LogP contribution in [-0.4, -0.2) is 41.3 Å².